The van der Waals surface area contributed by atoms with E-state index in [0.717, 1.165) is 17.7 Å². The molecule has 2 N–H and O–H groups in total. The van der Waals surface area contributed by atoms with Crippen molar-refractivity contribution < 1.29 is 31.4 Å². The van der Waals surface area contributed by atoms with Gasteiger partial charge < -0.3 is 9.84 Å². The fourth-order valence-corrected chi connectivity index (χ4v) is 3.37. The molecule has 0 amide bonds. The molecule has 0 fully saturated rings. The third-order valence-corrected chi connectivity index (χ3v) is 5.25. The van der Waals surface area contributed by atoms with Crippen LogP contribution in [0.4, 0.5) is 13.2 Å². The summed E-state index contributed by atoms with van der Waals surface area (Å²) in [6.45, 7) is 1.56. The Morgan fingerprint density at radius 3 is 2.19 bits per heavy atom. The zero-order valence-electron chi connectivity index (χ0n) is 14.5. The van der Waals surface area contributed by atoms with E-state index in [1.165, 1.54) is 0 Å². The summed E-state index contributed by atoms with van der Waals surface area (Å²) in [7, 11) is -4.02. The van der Waals surface area contributed by atoms with E-state index in [1.807, 2.05) is 19.1 Å². The van der Waals surface area contributed by atoms with Crippen LogP contribution in [0.5, 0.6) is 0 Å². The molecule has 0 aromatic heterocycles. The van der Waals surface area contributed by atoms with Gasteiger partial charge in [0.05, 0.1) is 29.8 Å². The first kappa shape index (κ1) is 21.4. The van der Waals surface area contributed by atoms with Gasteiger partial charge in [-0.15, -0.1) is 0 Å². The number of alkyl halides is 3. The molecule has 27 heavy (non-hydrogen) atoms. The molecule has 1 atom stereocenters. The maximum Gasteiger partial charge on any atom is 0.416 e. The van der Waals surface area contributed by atoms with Gasteiger partial charge in [-0.2, -0.15) is 13.2 Å². The van der Waals surface area contributed by atoms with Crippen LogP contribution < -0.4 is 4.72 Å². The molecule has 9 heteroatoms. The van der Waals surface area contributed by atoms with Gasteiger partial charge in [0.1, 0.15) is 0 Å². The lowest BCUT2D eigenvalue weighted by molar-refractivity contribution is -0.137. The highest BCUT2D eigenvalue weighted by Crippen LogP contribution is 2.29. The molecule has 0 spiro atoms. The number of sulfonamides is 1. The number of nitrogens with one attached hydrogen (secondary N) is 1. The molecular weight excluding hydrogens is 383 g/mol. The highest BCUT2D eigenvalue weighted by Gasteiger charge is 2.30. The van der Waals surface area contributed by atoms with E-state index >= 15 is 0 Å². The van der Waals surface area contributed by atoms with Crippen LogP contribution in [0.15, 0.2) is 53.4 Å². The largest absolute Gasteiger partial charge is 0.416 e. The first-order valence-electron chi connectivity index (χ1n) is 8.09. The number of halogens is 3. The number of aliphatic hydroxyl groups is 1. The molecule has 2 rings (SSSR count). The fourth-order valence-electron chi connectivity index (χ4n) is 2.34. The normalized spacial score (nSPS) is 13.5. The van der Waals surface area contributed by atoms with E-state index < -0.39 is 27.9 Å². The number of aryl methyl sites for hydroxylation is 1. The molecular formula is C18H20F3NO4S. The van der Waals surface area contributed by atoms with E-state index in [0.29, 0.717) is 17.7 Å². The minimum absolute atomic E-state index is 0.0144. The van der Waals surface area contributed by atoms with Crippen LogP contribution in [0.1, 0.15) is 22.8 Å². The predicted octanol–water partition coefficient (Wildman–Crippen LogP) is 3.04. The molecule has 0 unspecified atom stereocenters. The number of hydrogen-bond donors (Lipinski definition) is 2. The highest BCUT2D eigenvalue weighted by molar-refractivity contribution is 7.89. The summed E-state index contributed by atoms with van der Waals surface area (Å²) in [5, 5.41) is 8.95. The molecule has 0 saturated heterocycles. The Hall–Kier alpha value is -1.94. The molecule has 0 bridgehead atoms. The number of hydrogen-bond acceptors (Lipinski definition) is 4. The topological polar surface area (TPSA) is 75.6 Å². The SMILES string of the molecule is Cc1ccc([C@@H](CNS(=O)(=O)c2ccc(C(F)(F)F)cc2)OCCO)cc1. The van der Waals surface area contributed by atoms with Crippen molar-refractivity contribution in [2.24, 2.45) is 0 Å². The van der Waals surface area contributed by atoms with Crippen LogP contribution >= 0.6 is 0 Å². The Labute approximate surface area is 155 Å². The number of rotatable bonds is 8. The Kier molecular flexibility index (Phi) is 6.99. The second-order valence-electron chi connectivity index (χ2n) is 5.87. The van der Waals surface area contributed by atoms with Crippen LogP contribution in [0.3, 0.4) is 0 Å². The second-order valence-corrected chi connectivity index (χ2v) is 7.63. The quantitative estimate of drug-likeness (QED) is 0.711. The van der Waals surface area contributed by atoms with Gasteiger partial charge in [-0.05, 0) is 36.8 Å². The van der Waals surface area contributed by atoms with Crippen molar-refractivity contribution in [3.63, 3.8) is 0 Å². The summed E-state index contributed by atoms with van der Waals surface area (Å²) in [5.41, 5.74) is 0.805. The first-order chi connectivity index (χ1) is 12.6. The van der Waals surface area contributed by atoms with E-state index in [-0.39, 0.29) is 24.7 Å². The van der Waals surface area contributed by atoms with Gasteiger partial charge in [0.2, 0.25) is 10.0 Å². The van der Waals surface area contributed by atoms with Crippen LogP contribution in [-0.4, -0.2) is 33.3 Å². The number of benzene rings is 2. The average Bonchev–Trinajstić information content (AvgIpc) is 2.62. The summed E-state index contributed by atoms with van der Waals surface area (Å²) in [5.74, 6) is 0. The molecule has 0 aliphatic heterocycles. The second kappa shape index (κ2) is 8.83. The van der Waals surface area contributed by atoms with Gasteiger partial charge in [0.15, 0.2) is 0 Å². The minimum atomic E-state index is -4.54. The third kappa shape index (κ3) is 6.03. The Morgan fingerprint density at radius 2 is 1.67 bits per heavy atom. The van der Waals surface area contributed by atoms with Crippen molar-refractivity contribution in [1.29, 1.82) is 0 Å². The van der Waals surface area contributed by atoms with Crippen LogP contribution in [0.2, 0.25) is 0 Å². The van der Waals surface area contributed by atoms with Crippen LogP contribution in [0, 0.1) is 6.92 Å². The third-order valence-electron chi connectivity index (χ3n) is 3.81. The molecule has 0 aliphatic rings. The predicted molar refractivity (Wildman–Crippen MR) is 93.6 cm³/mol. The first-order valence-corrected chi connectivity index (χ1v) is 9.58. The molecule has 5 nitrogen and oxygen atoms in total. The zero-order chi connectivity index (χ0) is 20.1. The number of aliphatic hydroxyl groups excluding tert-OH is 1. The van der Waals surface area contributed by atoms with Gasteiger partial charge in [0, 0.05) is 6.54 Å². The fraction of sp³-hybridized carbons (Fsp3) is 0.333. The minimum Gasteiger partial charge on any atom is -0.394 e. The summed E-state index contributed by atoms with van der Waals surface area (Å²) in [6.07, 6.45) is -5.19. The maximum absolute atomic E-state index is 12.6. The Bertz CT molecular complexity index is 834. The maximum atomic E-state index is 12.6. The van der Waals surface area contributed by atoms with Gasteiger partial charge in [-0.25, -0.2) is 13.1 Å². The van der Waals surface area contributed by atoms with Crippen molar-refractivity contribution in [1.82, 2.24) is 4.72 Å². The van der Waals surface area contributed by atoms with Crippen LogP contribution in [-0.2, 0) is 20.9 Å². The van der Waals surface area contributed by atoms with E-state index in [1.54, 1.807) is 12.1 Å². The van der Waals surface area contributed by atoms with Crippen molar-refractivity contribution in [2.45, 2.75) is 24.1 Å². The van der Waals surface area contributed by atoms with Crippen molar-refractivity contribution in [3.05, 3.63) is 65.2 Å². The van der Waals surface area contributed by atoms with Gasteiger partial charge in [0.25, 0.3) is 0 Å². The zero-order valence-corrected chi connectivity index (χ0v) is 15.3. The Morgan fingerprint density at radius 1 is 1.07 bits per heavy atom. The van der Waals surface area contributed by atoms with Gasteiger partial charge >= 0.3 is 6.18 Å². The average molecular weight is 403 g/mol. The highest BCUT2D eigenvalue weighted by atomic mass is 32.2. The Balaban J connectivity index is 2.13. The van der Waals surface area contributed by atoms with Gasteiger partial charge in [-0.1, -0.05) is 29.8 Å². The summed E-state index contributed by atoms with van der Waals surface area (Å²) in [6, 6.07) is 10.5. The van der Waals surface area contributed by atoms with E-state index in [2.05, 4.69) is 4.72 Å². The lowest BCUT2D eigenvalue weighted by Crippen LogP contribution is -2.30. The standard InChI is InChI=1S/C18H20F3NO4S/c1-13-2-4-14(5-3-13)17(26-11-10-23)12-22-27(24,25)16-8-6-15(7-9-16)18(19,20)21/h2-9,17,22-23H,10-12H2,1H3/t17-/m1/s1. The lowest BCUT2D eigenvalue weighted by atomic mass is 10.1. The summed E-state index contributed by atoms with van der Waals surface area (Å²) in [4.78, 5) is -0.277. The van der Waals surface area contributed by atoms with E-state index in [9.17, 15) is 21.6 Å². The van der Waals surface area contributed by atoms with Crippen molar-refractivity contribution in [3.8, 4) is 0 Å². The molecule has 0 radical (unpaired) electrons. The monoisotopic (exact) mass is 403 g/mol. The molecule has 2 aromatic rings. The molecule has 0 aliphatic carbocycles. The molecule has 0 heterocycles. The molecule has 0 saturated carbocycles. The van der Waals surface area contributed by atoms with Crippen molar-refractivity contribution in [2.75, 3.05) is 19.8 Å². The van der Waals surface area contributed by atoms with Gasteiger partial charge in [-0.3, -0.25) is 0 Å². The summed E-state index contributed by atoms with van der Waals surface area (Å²) >= 11 is 0. The van der Waals surface area contributed by atoms with Crippen molar-refractivity contribution >= 4 is 10.0 Å². The number of ether oxygens (including phenoxy) is 1. The molecule has 148 valence electrons. The smallest absolute Gasteiger partial charge is 0.394 e. The summed E-state index contributed by atoms with van der Waals surface area (Å²) < 4.78 is 70.4. The van der Waals surface area contributed by atoms with Crippen LogP contribution in [0.25, 0.3) is 0 Å². The molecule has 2 aromatic carbocycles. The lowest BCUT2D eigenvalue weighted by Gasteiger charge is -2.19. The van der Waals surface area contributed by atoms with E-state index in [4.69, 9.17) is 9.84 Å².